The zero-order valence-corrected chi connectivity index (χ0v) is 11.8. The lowest BCUT2D eigenvalue weighted by molar-refractivity contribution is -0.136. The van der Waals surface area contributed by atoms with Crippen LogP contribution in [0, 0.1) is 6.92 Å². The van der Waals surface area contributed by atoms with Crippen molar-refractivity contribution in [3.05, 3.63) is 45.9 Å². The van der Waals surface area contributed by atoms with Crippen LogP contribution in [0.15, 0.2) is 34.0 Å². The number of carboxylic acid groups (broad SMARTS) is 1. The number of nitrogens with two attached hydrogens (primary N) is 1. The molecule has 112 valence electrons. The van der Waals surface area contributed by atoms with Crippen LogP contribution in [-0.4, -0.2) is 29.3 Å². The van der Waals surface area contributed by atoms with Crippen molar-refractivity contribution in [1.82, 2.24) is 9.78 Å². The van der Waals surface area contributed by atoms with Crippen molar-refractivity contribution in [3.63, 3.8) is 0 Å². The van der Waals surface area contributed by atoms with Gasteiger partial charge in [-0.2, -0.15) is 0 Å². The van der Waals surface area contributed by atoms with Gasteiger partial charge in [-0.1, -0.05) is 0 Å². The lowest BCUT2D eigenvalue weighted by Gasteiger charge is -2.03. The van der Waals surface area contributed by atoms with Crippen LogP contribution in [0.2, 0.25) is 0 Å². The van der Waals surface area contributed by atoms with E-state index >= 15 is 0 Å². The second-order valence-electron chi connectivity index (χ2n) is 4.47. The van der Waals surface area contributed by atoms with Crippen LogP contribution in [0.5, 0.6) is 0 Å². The fraction of sp³-hybridized carbons (Fsp3) is 0.167. The van der Waals surface area contributed by atoms with Crippen LogP contribution in [-0.2, 0) is 21.2 Å². The highest BCUT2D eigenvalue weighted by Gasteiger charge is 2.15. The molecular weight excluding hydrogens is 298 g/mol. The van der Waals surface area contributed by atoms with E-state index in [1.165, 1.54) is 24.3 Å². The van der Waals surface area contributed by atoms with Gasteiger partial charge in [-0.15, -0.1) is 0 Å². The molecule has 0 amide bonds. The summed E-state index contributed by atoms with van der Waals surface area (Å²) >= 11 is 0. The standard InChI is InChI=1S/C12H13N3O5S/c1-7-10(6-11(16)17)12(18)15(14-7)8-2-4-9(5-3-8)21(13,19)20/h2-5,14H,6H2,1H3,(H,16,17)(H2,13,19,20). The molecule has 0 saturated heterocycles. The van der Waals surface area contributed by atoms with Crippen LogP contribution in [0.4, 0.5) is 0 Å². The molecule has 2 aromatic rings. The van der Waals surface area contributed by atoms with Crippen LogP contribution < -0.4 is 10.7 Å². The molecule has 0 bridgehead atoms. The fourth-order valence-electron chi connectivity index (χ4n) is 1.91. The van der Waals surface area contributed by atoms with E-state index in [0.717, 1.165) is 4.68 Å². The first-order valence-electron chi connectivity index (χ1n) is 5.85. The minimum absolute atomic E-state index is 0.0756. The number of nitrogens with one attached hydrogen (secondary N) is 1. The highest BCUT2D eigenvalue weighted by Crippen LogP contribution is 2.12. The van der Waals surface area contributed by atoms with Gasteiger partial charge in [0.25, 0.3) is 5.56 Å². The van der Waals surface area contributed by atoms with Gasteiger partial charge in [0.05, 0.1) is 22.6 Å². The van der Waals surface area contributed by atoms with Gasteiger partial charge in [0.15, 0.2) is 0 Å². The average molecular weight is 311 g/mol. The van der Waals surface area contributed by atoms with Gasteiger partial charge in [0.1, 0.15) is 0 Å². The minimum Gasteiger partial charge on any atom is -0.481 e. The van der Waals surface area contributed by atoms with E-state index in [4.69, 9.17) is 10.2 Å². The summed E-state index contributed by atoms with van der Waals surface area (Å²) in [5.74, 6) is -1.11. The molecule has 0 atom stereocenters. The van der Waals surface area contributed by atoms with E-state index in [1.54, 1.807) is 6.92 Å². The molecule has 21 heavy (non-hydrogen) atoms. The Morgan fingerprint density at radius 1 is 1.33 bits per heavy atom. The molecule has 0 aliphatic carbocycles. The summed E-state index contributed by atoms with van der Waals surface area (Å²) in [6.07, 6.45) is -0.385. The predicted octanol–water partition coefficient (Wildman–Crippen LogP) is -0.251. The number of benzene rings is 1. The summed E-state index contributed by atoms with van der Waals surface area (Å²) in [6, 6.07) is 5.34. The van der Waals surface area contributed by atoms with Crippen LogP contribution in [0.25, 0.3) is 5.69 Å². The first-order valence-corrected chi connectivity index (χ1v) is 7.40. The first-order chi connectivity index (χ1) is 9.70. The number of primary sulfonamides is 1. The van der Waals surface area contributed by atoms with Gasteiger partial charge in [0.2, 0.25) is 10.0 Å². The van der Waals surface area contributed by atoms with Crippen molar-refractivity contribution in [3.8, 4) is 5.69 Å². The number of carbonyl (C=O) groups is 1. The SMILES string of the molecule is Cc1[nH]n(-c2ccc(S(N)(=O)=O)cc2)c(=O)c1CC(=O)O. The molecule has 9 heteroatoms. The molecule has 2 rings (SSSR count). The van der Waals surface area contributed by atoms with Gasteiger partial charge in [-0.05, 0) is 31.2 Å². The van der Waals surface area contributed by atoms with Crippen molar-refractivity contribution in [2.45, 2.75) is 18.2 Å². The van der Waals surface area contributed by atoms with E-state index < -0.39 is 21.6 Å². The summed E-state index contributed by atoms with van der Waals surface area (Å²) < 4.78 is 23.5. The summed E-state index contributed by atoms with van der Waals surface area (Å²) in [4.78, 5) is 22.8. The Morgan fingerprint density at radius 2 is 1.90 bits per heavy atom. The zero-order valence-electron chi connectivity index (χ0n) is 11.0. The fourth-order valence-corrected chi connectivity index (χ4v) is 2.42. The normalized spacial score (nSPS) is 11.5. The monoisotopic (exact) mass is 311 g/mol. The maximum Gasteiger partial charge on any atom is 0.308 e. The van der Waals surface area contributed by atoms with Crippen LogP contribution in [0.3, 0.4) is 0 Å². The maximum absolute atomic E-state index is 12.1. The minimum atomic E-state index is -3.81. The number of aliphatic carboxylic acids is 1. The molecule has 1 aromatic carbocycles. The van der Waals surface area contributed by atoms with Crippen molar-refractivity contribution < 1.29 is 18.3 Å². The smallest absolute Gasteiger partial charge is 0.308 e. The Bertz CT molecular complexity index is 846. The largest absolute Gasteiger partial charge is 0.481 e. The van der Waals surface area contributed by atoms with Crippen LogP contribution in [0.1, 0.15) is 11.3 Å². The highest BCUT2D eigenvalue weighted by atomic mass is 32.2. The third-order valence-corrected chi connectivity index (χ3v) is 3.87. The molecular formula is C12H13N3O5S. The molecule has 4 N–H and O–H groups in total. The van der Waals surface area contributed by atoms with E-state index in [9.17, 15) is 18.0 Å². The molecule has 1 heterocycles. The number of rotatable bonds is 4. The molecule has 0 saturated carbocycles. The van der Waals surface area contributed by atoms with Crippen LogP contribution >= 0.6 is 0 Å². The van der Waals surface area contributed by atoms with E-state index in [1.807, 2.05) is 0 Å². The van der Waals surface area contributed by atoms with Gasteiger partial charge < -0.3 is 5.11 Å². The van der Waals surface area contributed by atoms with Gasteiger partial charge in [-0.3, -0.25) is 14.7 Å². The molecule has 0 spiro atoms. The maximum atomic E-state index is 12.1. The molecule has 8 nitrogen and oxygen atoms in total. The summed E-state index contributed by atoms with van der Waals surface area (Å²) in [6.45, 7) is 1.59. The molecule has 0 aliphatic heterocycles. The number of hydrogen-bond acceptors (Lipinski definition) is 4. The number of hydrogen-bond donors (Lipinski definition) is 3. The Labute approximate surface area is 119 Å². The predicted molar refractivity (Wildman–Crippen MR) is 73.8 cm³/mol. The first kappa shape index (κ1) is 15.0. The quantitative estimate of drug-likeness (QED) is 0.715. The van der Waals surface area contributed by atoms with Crippen molar-refractivity contribution >= 4 is 16.0 Å². The zero-order chi connectivity index (χ0) is 15.8. The lowest BCUT2D eigenvalue weighted by atomic mass is 10.2. The van der Waals surface area contributed by atoms with Gasteiger partial charge in [0, 0.05) is 5.69 Å². The Hall–Kier alpha value is -2.39. The Morgan fingerprint density at radius 3 is 2.38 bits per heavy atom. The lowest BCUT2D eigenvalue weighted by Crippen LogP contribution is -2.19. The van der Waals surface area contributed by atoms with E-state index in [0.29, 0.717) is 11.4 Å². The van der Waals surface area contributed by atoms with Crippen molar-refractivity contribution in [2.24, 2.45) is 5.14 Å². The second-order valence-corrected chi connectivity index (χ2v) is 6.03. The molecule has 1 aromatic heterocycles. The number of nitrogens with zero attached hydrogens (tertiary/aromatic N) is 1. The Balaban J connectivity index is 2.48. The number of aryl methyl sites for hydroxylation is 1. The highest BCUT2D eigenvalue weighted by molar-refractivity contribution is 7.89. The third-order valence-electron chi connectivity index (χ3n) is 2.94. The number of H-pyrrole nitrogens is 1. The topological polar surface area (TPSA) is 135 Å². The average Bonchev–Trinajstić information content (AvgIpc) is 2.65. The summed E-state index contributed by atoms with van der Waals surface area (Å²) in [5.41, 5.74) is 0.487. The van der Waals surface area contributed by atoms with Gasteiger partial charge >= 0.3 is 5.97 Å². The molecule has 0 aliphatic rings. The Kier molecular flexibility index (Phi) is 3.71. The molecule has 0 unspecified atom stereocenters. The molecule has 0 fully saturated rings. The van der Waals surface area contributed by atoms with Crippen molar-refractivity contribution in [1.29, 1.82) is 0 Å². The van der Waals surface area contributed by atoms with Crippen molar-refractivity contribution in [2.75, 3.05) is 0 Å². The van der Waals surface area contributed by atoms with E-state index in [-0.39, 0.29) is 16.9 Å². The summed E-state index contributed by atoms with van der Waals surface area (Å²) in [7, 11) is -3.81. The van der Waals surface area contributed by atoms with Gasteiger partial charge in [-0.25, -0.2) is 18.2 Å². The number of sulfonamides is 1. The third kappa shape index (κ3) is 3.03. The molecule has 0 radical (unpaired) electrons. The second kappa shape index (κ2) is 5.19. The number of carboxylic acids is 1. The summed E-state index contributed by atoms with van der Waals surface area (Å²) in [5, 5.41) is 16.5. The number of aromatic amines is 1. The van der Waals surface area contributed by atoms with E-state index in [2.05, 4.69) is 5.10 Å². The number of aromatic nitrogens is 2.